The molecule has 4 heteroatoms. The van der Waals surface area contributed by atoms with Crippen LogP contribution in [-0.2, 0) is 0 Å². The van der Waals surface area contributed by atoms with Crippen LogP contribution < -0.4 is 9.47 Å². The summed E-state index contributed by atoms with van der Waals surface area (Å²) in [6.45, 7) is 2.07. The highest BCUT2D eigenvalue weighted by atomic mass is 16.7. The van der Waals surface area contributed by atoms with Crippen LogP contribution >= 0.6 is 0 Å². The van der Waals surface area contributed by atoms with Gasteiger partial charge in [0.25, 0.3) is 0 Å². The number of aliphatic hydroxyl groups is 1. The summed E-state index contributed by atoms with van der Waals surface area (Å²) in [6.07, 6.45) is 7.06. The summed E-state index contributed by atoms with van der Waals surface area (Å²) >= 11 is 0. The molecule has 4 nitrogen and oxygen atoms in total. The van der Waals surface area contributed by atoms with Crippen LogP contribution in [0.5, 0.6) is 11.5 Å². The first-order chi connectivity index (χ1) is 9.33. The highest BCUT2D eigenvalue weighted by Gasteiger charge is 2.18. The fourth-order valence-electron chi connectivity index (χ4n) is 2.53. The molecule has 3 rings (SSSR count). The standard InChI is InChI=1S/C15H19NO3/c17-15-5-1-2-8-16(15)9-3-4-12-6-7-13-14(10-12)19-11-18-13/h3-4,6-7,10,15,17H,1-2,5,8-9,11H2/b4-3+. The Kier molecular flexibility index (Phi) is 3.71. The van der Waals surface area contributed by atoms with Gasteiger partial charge in [0.05, 0.1) is 0 Å². The summed E-state index contributed by atoms with van der Waals surface area (Å²) in [5.74, 6) is 1.61. The number of ether oxygens (including phenoxy) is 2. The maximum atomic E-state index is 9.85. The van der Waals surface area contributed by atoms with Gasteiger partial charge < -0.3 is 14.6 Å². The van der Waals surface area contributed by atoms with Crippen LogP contribution in [0.2, 0.25) is 0 Å². The van der Waals surface area contributed by atoms with Gasteiger partial charge >= 0.3 is 0 Å². The Labute approximate surface area is 113 Å². The first-order valence-electron chi connectivity index (χ1n) is 6.81. The van der Waals surface area contributed by atoms with Gasteiger partial charge in [0, 0.05) is 13.1 Å². The first-order valence-corrected chi connectivity index (χ1v) is 6.81. The van der Waals surface area contributed by atoms with Gasteiger partial charge in [0.2, 0.25) is 6.79 Å². The molecular formula is C15H19NO3. The Morgan fingerprint density at radius 2 is 2.16 bits per heavy atom. The van der Waals surface area contributed by atoms with E-state index in [1.165, 1.54) is 6.42 Å². The van der Waals surface area contributed by atoms with E-state index in [1.54, 1.807) is 0 Å². The molecule has 2 aliphatic heterocycles. The summed E-state index contributed by atoms with van der Waals surface area (Å²) in [7, 11) is 0. The largest absolute Gasteiger partial charge is 0.454 e. The average Bonchev–Trinajstić information content (AvgIpc) is 2.88. The van der Waals surface area contributed by atoms with Gasteiger partial charge in [-0.3, -0.25) is 4.90 Å². The summed E-state index contributed by atoms with van der Waals surface area (Å²) < 4.78 is 10.6. The quantitative estimate of drug-likeness (QED) is 0.906. The molecule has 1 fully saturated rings. The van der Waals surface area contributed by atoms with Crippen molar-refractivity contribution in [3.05, 3.63) is 29.8 Å². The van der Waals surface area contributed by atoms with E-state index >= 15 is 0 Å². The highest BCUT2D eigenvalue weighted by Crippen LogP contribution is 2.32. The molecule has 1 N–H and O–H groups in total. The van der Waals surface area contributed by atoms with Gasteiger partial charge in [-0.15, -0.1) is 0 Å². The van der Waals surface area contributed by atoms with Crippen LogP contribution in [0.25, 0.3) is 6.08 Å². The van der Waals surface area contributed by atoms with Gasteiger partial charge in [-0.05, 0) is 37.0 Å². The zero-order valence-corrected chi connectivity index (χ0v) is 10.9. The van der Waals surface area contributed by atoms with E-state index in [4.69, 9.17) is 9.47 Å². The van der Waals surface area contributed by atoms with E-state index in [-0.39, 0.29) is 6.23 Å². The zero-order chi connectivity index (χ0) is 13.1. The number of aliphatic hydroxyl groups excluding tert-OH is 1. The molecule has 0 spiro atoms. The molecule has 102 valence electrons. The molecule has 0 aromatic heterocycles. The second-order valence-electron chi connectivity index (χ2n) is 4.99. The lowest BCUT2D eigenvalue weighted by Crippen LogP contribution is -2.39. The number of benzene rings is 1. The number of hydrogen-bond donors (Lipinski definition) is 1. The van der Waals surface area contributed by atoms with Crippen LogP contribution in [0, 0.1) is 0 Å². The highest BCUT2D eigenvalue weighted by molar-refractivity contribution is 5.56. The summed E-state index contributed by atoms with van der Waals surface area (Å²) in [4.78, 5) is 2.10. The van der Waals surface area contributed by atoms with Crippen molar-refractivity contribution in [3.8, 4) is 11.5 Å². The van der Waals surface area contributed by atoms with Crippen molar-refractivity contribution in [2.75, 3.05) is 19.9 Å². The van der Waals surface area contributed by atoms with Crippen molar-refractivity contribution in [2.24, 2.45) is 0 Å². The number of likely N-dealkylation sites (tertiary alicyclic amines) is 1. The van der Waals surface area contributed by atoms with Gasteiger partial charge in [-0.25, -0.2) is 0 Å². The topological polar surface area (TPSA) is 41.9 Å². The van der Waals surface area contributed by atoms with Crippen LogP contribution in [0.15, 0.2) is 24.3 Å². The molecule has 1 unspecified atom stereocenters. The lowest BCUT2D eigenvalue weighted by atomic mass is 10.1. The number of hydrogen-bond acceptors (Lipinski definition) is 4. The van der Waals surface area contributed by atoms with Crippen molar-refractivity contribution >= 4 is 6.08 Å². The van der Waals surface area contributed by atoms with Crippen molar-refractivity contribution in [1.82, 2.24) is 4.90 Å². The maximum Gasteiger partial charge on any atom is 0.231 e. The number of rotatable bonds is 3. The molecule has 2 heterocycles. The minimum absolute atomic E-state index is 0.282. The number of piperidine rings is 1. The second-order valence-corrected chi connectivity index (χ2v) is 4.99. The molecule has 0 bridgehead atoms. The van der Waals surface area contributed by atoms with E-state index in [2.05, 4.69) is 17.1 Å². The SMILES string of the molecule is OC1CCCCN1C/C=C/c1ccc2c(c1)OCO2. The van der Waals surface area contributed by atoms with Crippen LogP contribution in [-0.4, -0.2) is 36.1 Å². The molecular weight excluding hydrogens is 242 g/mol. The minimum atomic E-state index is -0.282. The first kappa shape index (κ1) is 12.5. The Morgan fingerprint density at radius 1 is 1.26 bits per heavy atom. The fourth-order valence-corrected chi connectivity index (χ4v) is 2.53. The molecule has 19 heavy (non-hydrogen) atoms. The van der Waals surface area contributed by atoms with E-state index in [0.717, 1.165) is 43.0 Å². The third kappa shape index (κ3) is 2.91. The zero-order valence-electron chi connectivity index (χ0n) is 10.9. The third-order valence-electron chi connectivity index (χ3n) is 3.63. The molecule has 0 radical (unpaired) electrons. The van der Waals surface area contributed by atoms with Crippen molar-refractivity contribution in [1.29, 1.82) is 0 Å². The normalized spacial score (nSPS) is 23.1. The maximum absolute atomic E-state index is 9.85. The fraction of sp³-hybridized carbons (Fsp3) is 0.467. The molecule has 0 saturated carbocycles. The predicted molar refractivity (Wildman–Crippen MR) is 73.0 cm³/mol. The molecule has 1 aromatic carbocycles. The van der Waals surface area contributed by atoms with Crippen molar-refractivity contribution in [3.63, 3.8) is 0 Å². The lowest BCUT2D eigenvalue weighted by Gasteiger charge is -2.30. The molecule has 0 amide bonds. The van der Waals surface area contributed by atoms with E-state index in [1.807, 2.05) is 18.2 Å². The molecule has 2 aliphatic rings. The third-order valence-corrected chi connectivity index (χ3v) is 3.63. The number of fused-ring (bicyclic) bond motifs is 1. The van der Waals surface area contributed by atoms with E-state index < -0.39 is 0 Å². The van der Waals surface area contributed by atoms with Gasteiger partial charge in [-0.1, -0.05) is 18.2 Å². The van der Waals surface area contributed by atoms with Crippen LogP contribution in [0.1, 0.15) is 24.8 Å². The van der Waals surface area contributed by atoms with Gasteiger partial charge in [-0.2, -0.15) is 0 Å². The molecule has 1 saturated heterocycles. The van der Waals surface area contributed by atoms with Crippen molar-refractivity contribution in [2.45, 2.75) is 25.5 Å². The van der Waals surface area contributed by atoms with Gasteiger partial charge in [0.15, 0.2) is 11.5 Å². The summed E-state index contributed by atoms with van der Waals surface area (Å²) in [5, 5.41) is 9.85. The summed E-state index contributed by atoms with van der Waals surface area (Å²) in [6, 6.07) is 5.92. The molecule has 1 aromatic rings. The average molecular weight is 261 g/mol. The lowest BCUT2D eigenvalue weighted by molar-refractivity contribution is -0.0158. The summed E-state index contributed by atoms with van der Waals surface area (Å²) in [5.41, 5.74) is 1.09. The monoisotopic (exact) mass is 261 g/mol. The van der Waals surface area contributed by atoms with E-state index in [0.29, 0.717) is 6.79 Å². The van der Waals surface area contributed by atoms with E-state index in [9.17, 15) is 5.11 Å². The smallest absolute Gasteiger partial charge is 0.231 e. The molecule has 1 atom stereocenters. The molecule has 0 aliphatic carbocycles. The minimum Gasteiger partial charge on any atom is -0.454 e. The predicted octanol–water partition coefficient (Wildman–Crippen LogP) is 2.23. The van der Waals surface area contributed by atoms with Gasteiger partial charge in [0.1, 0.15) is 6.23 Å². The Morgan fingerprint density at radius 3 is 3.05 bits per heavy atom. The Balaban J connectivity index is 1.60. The Bertz CT molecular complexity index is 472. The Hall–Kier alpha value is -1.52. The van der Waals surface area contributed by atoms with Crippen LogP contribution in [0.4, 0.5) is 0 Å². The second kappa shape index (κ2) is 5.63. The number of nitrogens with zero attached hydrogens (tertiary/aromatic N) is 1. The van der Waals surface area contributed by atoms with Crippen molar-refractivity contribution < 1.29 is 14.6 Å². The van der Waals surface area contributed by atoms with Crippen LogP contribution in [0.3, 0.4) is 0 Å².